The van der Waals surface area contributed by atoms with Crippen molar-refractivity contribution in [2.24, 2.45) is 46.3 Å². The van der Waals surface area contributed by atoms with Gasteiger partial charge in [-0.1, -0.05) is 59.5 Å². The Morgan fingerprint density at radius 2 is 1.70 bits per heavy atom. The molecule has 0 bridgehead atoms. The first-order chi connectivity index (χ1) is 20.5. The largest absolute Gasteiger partial charge is 0.469 e. The van der Waals surface area contributed by atoms with Crippen molar-refractivity contribution in [2.45, 2.75) is 136 Å². The van der Waals surface area contributed by atoms with Crippen molar-refractivity contribution in [3.05, 3.63) is 11.6 Å². The molecule has 10 nitrogen and oxygen atoms in total. The fourth-order valence-corrected chi connectivity index (χ4v) is 10.4. The SMILES string of the molecule is CC(C)CCC[C@@H](C)[C@H]1CC[C@H]2[C@@H]3C(=O)C=C4C[C@@H](O[C@H]5O[C@H](COP(=O)(O)O)[C@H](O)[C@@H](O)[C@H]5O)CC[C@]4(C)[C@H]3CC[C@]12C. The van der Waals surface area contributed by atoms with Crippen LogP contribution in [0.15, 0.2) is 11.6 Å². The van der Waals surface area contributed by atoms with E-state index in [9.17, 15) is 24.7 Å². The van der Waals surface area contributed by atoms with Gasteiger partial charge in [0.05, 0.1) is 12.7 Å². The maximum atomic E-state index is 13.9. The first kappa shape index (κ1) is 34.6. The van der Waals surface area contributed by atoms with Gasteiger partial charge in [-0.15, -0.1) is 0 Å². The molecular formula is C33H55O10P. The second kappa shape index (κ2) is 13.1. The van der Waals surface area contributed by atoms with Gasteiger partial charge in [-0.25, -0.2) is 4.57 Å². The van der Waals surface area contributed by atoms with Crippen molar-refractivity contribution in [2.75, 3.05) is 6.61 Å². The molecule has 44 heavy (non-hydrogen) atoms. The molecule has 4 aliphatic carbocycles. The van der Waals surface area contributed by atoms with Crippen molar-refractivity contribution in [3.8, 4) is 0 Å². The van der Waals surface area contributed by atoms with E-state index in [1.165, 1.54) is 25.7 Å². The fraction of sp³-hybridized carbons (Fsp3) is 0.909. The third kappa shape index (κ3) is 6.67. The third-order valence-corrected chi connectivity index (χ3v) is 13.0. The van der Waals surface area contributed by atoms with Gasteiger partial charge >= 0.3 is 7.82 Å². The number of rotatable bonds is 10. The molecule has 252 valence electrons. The van der Waals surface area contributed by atoms with Gasteiger partial charge in [-0.05, 0) is 91.4 Å². The zero-order valence-electron chi connectivity index (χ0n) is 27.0. The number of phosphoric ester groups is 1. The molecule has 0 radical (unpaired) electrons. The van der Waals surface area contributed by atoms with Gasteiger partial charge in [-0.3, -0.25) is 9.32 Å². The number of fused-ring (bicyclic) bond motifs is 5. The van der Waals surface area contributed by atoms with Crippen LogP contribution in [0.3, 0.4) is 0 Å². The van der Waals surface area contributed by atoms with E-state index >= 15 is 0 Å². The van der Waals surface area contributed by atoms with Crippen LogP contribution in [0.25, 0.3) is 0 Å². The molecule has 1 heterocycles. The molecule has 0 aromatic heterocycles. The number of allylic oxidation sites excluding steroid dienone is 1. The highest BCUT2D eigenvalue weighted by Gasteiger charge is 2.61. The van der Waals surface area contributed by atoms with E-state index in [2.05, 4.69) is 39.1 Å². The summed E-state index contributed by atoms with van der Waals surface area (Å²) >= 11 is 0. The Labute approximate surface area is 262 Å². The number of aliphatic hydroxyl groups excluding tert-OH is 3. The molecular weight excluding hydrogens is 587 g/mol. The summed E-state index contributed by atoms with van der Waals surface area (Å²) in [4.78, 5) is 32.0. The van der Waals surface area contributed by atoms with Crippen molar-refractivity contribution < 1.29 is 48.5 Å². The van der Waals surface area contributed by atoms with Crippen LogP contribution < -0.4 is 0 Å². The molecule has 5 rings (SSSR count). The summed E-state index contributed by atoms with van der Waals surface area (Å²) in [6.07, 6.45) is 4.43. The fourth-order valence-electron chi connectivity index (χ4n) is 10.0. The summed E-state index contributed by atoms with van der Waals surface area (Å²) in [5.41, 5.74) is 1.17. The minimum Gasteiger partial charge on any atom is -0.387 e. The lowest BCUT2D eigenvalue weighted by Gasteiger charge is -2.58. The maximum absolute atomic E-state index is 13.9. The van der Waals surface area contributed by atoms with E-state index < -0.39 is 45.1 Å². The molecule has 0 amide bonds. The van der Waals surface area contributed by atoms with Gasteiger partial charge < -0.3 is 34.6 Å². The van der Waals surface area contributed by atoms with E-state index in [4.69, 9.17) is 19.3 Å². The Hall–Kier alpha value is -0.680. The number of aliphatic hydroxyl groups is 3. The summed E-state index contributed by atoms with van der Waals surface area (Å²) < 4.78 is 27.4. The highest BCUT2D eigenvalue weighted by molar-refractivity contribution is 7.46. The molecule has 11 heteroatoms. The van der Waals surface area contributed by atoms with Crippen LogP contribution in [0.2, 0.25) is 0 Å². The van der Waals surface area contributed by atoms with Crippen LogP contribution >= 0.6 is 7.82 Å². The predicted molar refractivity (Wildman–Crippen MR) is 163 cm³/mol. The first-order valence-electron chi connectivity index (χ1n) is 16.8. The van der Waals surface area contributed by atoms with Crippen molar-refractivity contribution in [1.82, 2.24) is 0 Å². The van der Waals surface area contributed by atoms with Crippen LogP contribution in [0.1, 0.15) is 98.8 Å². The van der Waals surface area contributed by atoms with Gasteiger partial charge in [0, 0.05) is 5.92 Å². The lowest BCUT2D eigenvalue weighted by Crippen LogP contribution is -2.60. The van der Waals surface area contributed by atoms with Crippen LogP contribution in [0, 0.1) is 46.3 Å². The quantitative estimate of drug-likeness (QED) is 0.214. The number of ether oxygens (including phenoxy) is 2. The Morgan fingerprint density at radius 1 is 0.977 bits per heavy atom. The lowest BCUT2D eigenvalue weighted by atomic mass is 9.46. The molecule has 5 N–H and O–H groups in total. The average Bonchev–Trinajstić information content (AvgIpc) is 3.30. The number of hydrogen-bond donors (Lipinski definition) is 5. The summed E-state index contributed by atoms with van der Waals surface area (Å²) in [6, 6.07) is 0. The Kier molecular flexibility index (Phi) is 10.3. The van der Waals surface area contributed by atoms with E-state index in [0.29, 0.717) is 36.5 Å². The summed E-state index contributed by atoms with van der Waals surface area (Å²) in [6.45, 7) is 11.1. The van der Waals surface area contributed by atoms with Crippen LogP contribution in [-0.4, -0.2) is 74.3 Å². The van der Waals surface area contributed by atoms with E-state index in [-0.39, 0.29) is 28.6 Å². The zero-order chi connectivity index (χ0) is 32.2. The van der Waals surface area contributed by atoms with Crippen molar-refractivity contribution >= 4 is 13.6 Å². The second-order valence-corrected chi connectivity index (χ2v) is 16.8. The minimum atomic E-state index is -4.83. The Bertz CT molecular complexity index is 1120. The van der Waals surface area contributed by atoms with Crippen LogP contribution in [-0.2, 0) is 23.4 Å². The summed E-state index contributed by atoms with van der Waals surface area (Å²) in [5.74, 6) is 3.10. The lowest BCUT2D eigenvalue weighted by molar-refractivity contribution is -0.312. The minimum absolute atomic E-state index is 0.0581. The molecule has 1 saturated heterocycles. The van der Waals surface area contributed by atoms with E-state index in [1.807, 2.05) is 6.08 Å². The van der Waals surface area contributed by atoms with Crippen LogP contribution in [0.5, 0.6) is 0 Å². The smallest absolute Gasteiger partial charge is 0.387 e. The van der Waals surface area contributed by atoms with E-state index in [1.54, 1.807) is 0 Å². The molecule has 4 fully saturated rings. The summed E-state index contributed by atoms with van der Waals surface area (Å²) in [7, 11) is -4.83. The number of phosphoric acid groups is 1. The Morgan fingerprint density at radius 3 is 2.39 bits per heavy atom. The van der Waals surface area contributed by atoms with Gasteiger partial charge in [0.2, 0.25) is 0 Å². The number of carbonyl (C=O) groups excluding carboxylic acids is 1. The highest BCUT2D eigenvalue weighted by atomic mass is 31.2. The molecule has 13 atom stereocenters. The van der Waals surface area contributed by atoms with Gasteiger partial charge in [0.1, 0.15) is 24.4 Å². The van der Waals surface area contributed by atoms with Gasteiger partial charge in [0.15, 0.2) is 12.1 Å². The van der Waals surface area contributed by atoms with Crippen molar-refractivity contribution in [1.29, 1.82) is 0 Å². The van der Waals surface area contributed by atoms with Crippen LogP contribution in [0.4, 0.5) is 0 Å². The number of carbonyl (C=O) groups is 1. The first-order valence-corrected chi connectivity index (χ1v) is 18.4. The topological polar surface area (TPSA) is 163 Å². The standard InChI is InChI=1S/C33H55O10P/c1-18(2)7-6-8-19(3)22-9-10-23-27-24(12-14-33(22,23)5)32(4)13-11-21(15-20(32)16-25(27)34)42-31-30(37)29(36)28(35)26(43-31)17-41-44(38,39)40/h16,18-19,21-24,26-31,35-37H,6-15,17H2,1-5H3,(H2,38,39,40)/t19-,21+,22-,23+,24+,26-,27+,28+,29-,30-,31+,32+,33-/m1/s1. The summed E-state index contributed by atoms with van der Waals surface area (Å²) in [5, 5.41) is 31.2. The van der Waals surface area contributed by atoms with Crippen molar-refractivity contribution in [3.63, 3.8) is 0 Å². The molecule has 1 aliphatic heterocycles. The zero-order valence-corrected chi connectivity index (χ0v) is 27.9. The maximum Gasteiger partial charge on any atom is 0.469 e. The normalized spacial score (nSPS) is 45.0. The number of ketones is 1. The average molecular weight is 643 g/mol. The predicted octanol–water partition coefficient (Wildman–Crippen LogP) is 4.51. The van der Waals surface area contributed by atoms with Gasteiger partial charge in [0.25, 0.3) is 0 Å². The Balaban J connectivity index is 1.26. The number of hydrogen-bond acceptors (Lipinski definition) is 8. The highest BCUT2D eigenvalue weighted by Crippen LogP contribution is 2.66. The van der Waals surface area contributed by atoms with E-state index in [0.717, 1.165) is 37.2 Å². The molecule has 0 aromatic carbocycles. The molecule has 5 aliphatic rings. The molecule has 0 aromatic rings. The second-order valence-electron chi connectivity index (χ2n) is 15.6. The third-order valence-electron chi connectivity index (χ3n) is 12.5. The van der Waals surface area contributed by atoms with Gasteiger partial charge in [-0.2, -0.15) is 0 Å². The monoisotopic (exact) mass is 642 g/mol. The molecule has 0 unspecified atom stereocenters. The molecule has 0 spiro atoms. The molecule has 3 saturated carbocycles.